The lowest BCUT2D eigenvalue weighted by atomic mass is 10.0. The molecule has 1 aliphatic heterocycles. The zero-order valence-electron chi connectivity index (χ0n) is 7.58. The predicted molar refractivity (Wildman–Crippen MR) is 50.0 cm³/mol. The topological polar surface area (TPSA) is 41.5 Å². The van der Waals surface area contributed by atoms with E-state index >= 15 is 0 Å². The monoisotopic (exact) mass is 179 g/mol. The van der Waals surface area contributed by atoms with Crippen molar-refractivity contribution in [1.82, 2.24) is 5.32 Å². The highest BCUT2D eigenvalue weighted by Gasteiger charge is 2.21. The minimum atomic E-state index is 0.234. The fraction of sp³-hybridized carbons (Fsp3) is 0.400. The van der Waals surface area contributed by atoms with Gasteiger partial charge in [-0.2, -0.15) is 0 Å². The van der Waals surface area contributed by atoms with E-state index in [1.54, 1.807) is 6.07 Å². The molecule has 70 valence electrons. The number of phenols is 1. The Morgan fingerprint density at radius 2 is 2.38 bits per heavy atom. The summed E-state index contributed by atoms with van der Waals surface area (Å²) in [6, 6.07) is 5.77. The van der Waals surface area contributed by atoms with Gasteiger partial charge in [0.05, 0.1) is 6.61 Å². The Labute approximate surface area is 77.3 Å². The van der Waals surface area contributed by atoms with Crippen molar-refractivity contribution in [2.45, 2.75) is 12.5 Å². The molecule has 1 aromatic carbocycles. The van der Waals surface area contributed by atoms with Gasteiger partial charge < -0.3 is 15.2 Å². The summed E-state index contributed by atoms with van der Waals surface area (Å²) in [7, 11) is 1.92. The minimum Gasteiger partial charge on any atom is -0.504 e. The van der Waals surface area contributed by atoms with Gasteiger partial charge in [-0.1, -0.05) is 12.1 Å². The molecule has 1 unspecified atom stereocenters. The molecule has 1 aromatic rings. The molecule has 0 radical (unpaired) electrons. The molecule has 0 saturated carbocycles. The summed E-state index contributed by atoms with van der Waals surface area (Å²) in [6.07, 6.45) is 0.951. The van der Waals surface area contributed by atoms with Crippen molar-refractivity contribution >= 4 is 0 Å². The summed E-state index contributed by atoms with van der Waals surface area (Å²) in [5, 5.41) is 12.7. The second kappa shape index (κ2) is 3.26. The molecule has 3 heteroatoms. The maximum absolute atomic E-state index is 9.52. The summed E-state index contributed by atoms with van der Waals surface area (Å²) in [5.74, 6) is 0.866. The van der Waals surface area contributed by atoms with Gasteiger partial charge in [0.2, 0.25) is 0 Å². The molecule has 0 bridgehead atoms. The number of aromatic hydroxyl groups is 1. The van der Waals surface area contributed by atoms with Crippen molar-refractivity contribution in [2.24, 2.45) is 0 Å². The fourth-order valence-corrected chi connectivity index (χ4v) is 1.71. The van der Waals surface area contributed by atoms with Crippen LogP contribution in [0.1, 0.15) is 18.0 Å². The summed E-state index contributed by atoms with van der Waals surface area (Å²) < 4.78 is 5.40. The largest absolute Gasteiger partial charge is 0.504 e. The van der Waals surface area contributed by atoms with E-state index in [-0.39, 0.29) is 5.75 Å². The number of hydrogen-bond acceptors (Lipinski definition) is 3. The zero-order valence-corrected chi connectivity index (χ0v) is 7.58. The fourth-order valence-electron chi connectivity index (χ4n) is 1.71. The van der Waals surface area contributed by atoms with Crippen molar-refractivity contribution in [3.63, 3.8) is 0 Å². The molecule has 0 spiro atoms. The molecule has 3 nitrogen and oxygen atoms in total. The Morgan fingerprint density at radius 1 is 1.54 bits per heavy atom. The van der Waals surface area contributed by atoms with E-state index in [2.05, 4.69) is 5.32 Å². The Bertz CT molecular complexity index is 312. The molecular formula is C10H13NO2. The van der Waals surface area contributed by atoms with Gasteiger partial charge in [-0.3, -0.25) is 0 Å². The van der Waals surface area contributed by atoms with Crippen LogP contribution in [0.5, 0.6) is 11.5 Å². The Morgan fingerprint density at radius 3 is 3.15 bits per heavy atom. The molecule has 2 N–H and O–H groups in total. The Balaban J connectivity index is 2.45. The Kier molecular flexibility index (Phi) is 2.10. The molecule has 0 aliphatic carbocycles. The summed E-state index contributed by atoms with van der Waals surface area (Å²) in [5.41, 5.74) is 1.05. The van der Waals surface area contributed by atoms with Gasteiger partial charge in [-0.15, -0.1) is 0 Å². The standard InChI is InChI=1S/C10H13NO2/c1-11-8-5-6-13-10-7(8)3-2-4-9(10)12/h2-4,8,11-12H,5-6H2,1H3. The first-order chi connectivity index (χ1) is 6.33. The quantitative estimate of drug-likeness (QED) is 0.685. The number of ether oxygens (including phenoxy) is 1. The van der Waals surface area contributed by atoms with Crippen LogP contribution in [0.2, 0.25) is 0 Å². The zero-order chi connectivity index (χ0) is 9.26. The molecule has 2 rings (SSSR count). The summed E-state index contributed by atoms with van der Waals surface area (Å²) in [6.45, 7) is 0.663. The van der Waals surface area contributed by atoms with Crippen molar-refractivity contribution in [3.8, 4) is 11.5 Å². The van der Waals surface area contributed by atoms with Crippen LogP contribution in [0.4, 0.5) is 0 Å². The molecule has 0 fully saturated rings. The minimum absolute atomic E-state index is 0.234. The van der Waals surface area contributed by atoms with Crippen molar-refractivity contribution in [1.29, 1.82) is 0 Å². The van der Waals surface area contributed by atoms with Crippen LogP contribution < -0.4 is 10.1 Å². The molecular weight excluding hydrogens is 166 g/mol. The number of benzene rings is 1. The van der Waals surface area contributed by atoms with Crippen LogP contribution in [0.15, 0.2) is 18.2 Å². The van der Waals surface area contributed by atoms with Crippen LogP contribution in [-0.2, 0) is 0 Å². The number of nitrogens with one attached hydrogen (secondary N) is 1. The van der Waals surface area contributed by atoms with Crippen LogP contribution in [-0.4, -0.2) is 18.8 Å². The van der Waals surface area contributed by atoms with Crippen molar-refractivity contribution in [3.05, 3.63) is 23.8 Å². The van der Waals surface area contributed by atoms with Crippen LogP contribution in [0.3, 0.4) is 0 Å². The average Bonchev–Trinajstić information content (AvgIpc) is 2.18. The second-order valence-electron chi connectivity index (χ2n) is 3.17. The maximum Gasteiger partial charge on any atom is 0.165 e. The highest BCUT2D eigenvalue weighted by Crippen LogP contribution is 2.38. The van der Waals surface area contributed by atoms with Crippen LogP contribution >= 0.6 is 0 Å². The lowest BCUT2D eigenvalue weighted by Crippen LogP contribution is -2.23. The summed E-state index contributed by atoms with van der Waals surface area (Å²) in [4.78, 5) is 0. The molecule has 13 heavy (non-hydrogen) atoms. The third kappa shape index (κ3) is 1.35. The van der Waals surface area contributed by atoms with Crippen molar-refractivity contribution < 1.29 is 9.84 Å². The van der Waals surface area contributed by atoms with Gasteiger partial charge >= 0.3 is 0 Å². The highest BCUT2D eigenvalue weighted by atomic mass is 16.5. The lowest BCUT2D eigenvalue weighted by Gasteiger charge is -2.25. The van der Waals surface area contributed by atoms with Gasteiger partial charge in [0.25, 0.3) is 0 Å². The van der Waals surface area contributed by atoms with Gasteiger partial charge in [0.15, 0.2) is 11.5 Å². The highest BCUT2D eigenvalue weighted by molar-refractivity contribution is 5.48. The van der Waals surface area contributed by atoms with Crippen molar-refractivity contribution in [2.75, 3.05) is 13.7 Å². The number of fused-ring (bicyclic) bond motifs is 1. The average molecular weight is 179 g/mol. The Hall–Kier alpha value is -1.22. The first-order valence-electron chi connectivity index (χ1n) is 4.45. The second-order valence-corrected chi connectivity index (χ2v) is 3.17. The lowest BCUT2D eigenvalue weighted by molar-refractivity contribution is 0.245. The molecule has 0 saturated heterocycles. The molecule has 1 atom stereocenters. The van der Waals surface area contributed by atoms with E-state index in [9.17, 15) is 5.11 Å². The molecule has 1 heterocycles. The van der Waals surface area contributed by atoms with E-state index in [0.717, 1.165) is 12.0 Å². The van der Waals surface area contributed by atoms with Crippen LogP contribution in [0, 0.1) is 0 Å². The van der Waals surface area contributed by atoms with E-state index in [1.807, 2.05) is 19.2 Å². The number of rotatable bonds is 1. The smallest absolute Gasteiger partial charge is 0.165 e. The maximum atomic E-state index is 9.52. The third-order valence-corrected chi connectivity index (χ3v) is 2.40. The SMILES string of the molecule is CNC1CCOc2c(O)cccc21. The third-order valence-electron chi connectivity index (χ3n) is 2.40. The van der Waals surface area contributed by atoms with Gasteiger partial charge in [-0.25, -0.2) is 0 Å². The van der Waals surface area contributed by atoms with E-state index < -0.39 is 0 Å². The number of phenolic OH excluding ortho intramolecular Hbond substituents is 1. The van der Waals surface area contributed by atoms with E-state index in [1.165, 1.54) is 0 Å². The van der Waals surface area contributed by atoms with Gasteiger partial charge in [-0.05, 0) is 13.1 Å². The first-order valence-corrected chi connectivity index (χ1v) is 4.45. The van der Waals surface area contributed by atoms with Gasteiger partial charge in [0.1, 0.15) is 0 Å². The normalized spacial score (nSPS) is 20.5. The predicted octanol–water partition coefficient (Wildman–Crippen LogP) is 1.44. The van der Waals surface area contributed by atoms with Crippen LogP contribution in [0.25, 0.3) is 0 Å². The molecule has 0 amide bonds. The van der Waals surface area contributed by atoms with Gasteiger partial charge in [0, 0.05) is 18.0 Å². The number of para-hydroxylation sites is 1. The number of hydrogen-bond donors (Lipinski definition) is 2. The first kappa shape index (κ1) is 8.38. The molecule has 0 aromatic heterocycles. The summed E-state index contributed by atoms with van der Waals surface area (Å²) >= 11 is 0. The molecule has 1 aliphatic rings. The van der Waals surface area contributed by atoms with E-state index in [4.69, 9.17) is 4.74 Å². The van der Waals surface area contributed by atoms with E-state index in [0.29, 0.717) is 18.4 Å².